The fourth-order valence-electron chi connectivity index (χ4n) is 2.26. The molecular weight excluding hydrogens is 240 g/mol. The van der Waals surface area contributed by atoms with E-state index in [4.69, 9.17) is 10.00 Å². The topological polar surface area (TPSA) is 53.3 Å². The lowest BCUT2D eigenvalue weighted by Crippen LogP contribution is -2.35. The molecule has 1 aliphatic rings. The molecule has 19 heavy (non-hydrogen) atoms. The zero-order chi connectivity index (χ0) is 13.8. The summed E-state index contributed by atoms with van der Waals surface area (Å²) in [6, 6.07) is 7.06. The first-order valence-corrected chi connectivity index (χ1v) is 6.50. The van der Waals surface area contributed by atoms with E-state index in [1.54, 1.807) is 18.2 Å². The second-order valence-corrected chi connectivity index (χ2v) is 5.00. The molecule has 0 aromatic heterocycles. The molecular formula is C15H18N2O2. The van der Waals surface area contributed by atoms with Gasteiger partial charge in [0.15, 0.2) is 5.78 Å². The van der Waals surface area contributed by atoms with Crippen LogP contribution in [-0.4, -0.2) is 36.9 Å². The minimum Gasteiger partial charge on any atom is -0.490 e. The molecule has 0 amide bonds. The molecule has 0 saturated carbocycles. The van der Waals surface area contributed by atoms with Crippen LogP contribution in [0.25, 0.3) is 0 Å². The van der Waals surface area contributed by atoms with Crippen molar-refractivity contribution in [3.63, 3.8) is 0 Å². The number of ketones is 1. The SMILES string of the molecule is CC(=O)c1ccc(C#N)cc1OC1CCN(C)CC1. The molecule has 4 heteroatoms. The van der Waals surface area contributed by atoms with Crippen LogP contribution < -0.4 is 4.74 Å². The van der Waals surface area contributed by atoms with Crippen molar-refractivity contribution in [3.05, 3.63) is 29.3 Å². The fourth-order valence-corrected chi connectivity index (χ4v) is 2.26. The largest absolute Gasteiger partial charge is 0.490 e. The number of benzene rings is 1. The van der Waals surface area contributed by atoms with Crippen LogP contribution in [0.5, 0.6) is 5.75 Å². The Balaban J connectivity index is 2.18. The van der Waals surface area contributed by atoms with Gasteiger partial charge < -0.3 is 9.64 Å². The van der Waals surface area contributed by atoms with Crippen LogP contribution in [0.2, 0.25) is 0 Å². The van der Waals surface area contributed by atoms with Gasteiger partial charge in [0, 0.05) is 13.1 Å². The molecule has 1 aliphatic heterocycles. The lowest BCUT2D eigenvalue weighted by Gasteiger charge is -2.29. The predicted molar refractivity (Wildman–Crippen MR) is 72.3 cm³/mol. The second-order valence-electron chi connectivity index (χ2n) is 5.00. The summed E-state index contributed by atoms with van der Waals surface area (Å²) in [7, 11) is 2.09. The number of nitriles is 1. The number of carbonyl (C=O) groups excluding carboxylic acids is 1. The number of Topliss-reactive ketones (excluding diaryl/α,β-unsaturated/α-hetero) is 1. The lowest BCUT2D eigenvalue weighted by molar-refractivity contribution is 0.0981. The van der Waals surface area contributed by atoms with Gasteiger partial charge in [-0.25, -0.2) is 0 Å². The van der Waals surface area contributed by atoms with Crippen LogP contribution in [0, 0.1) is 11.3 Å². The van der Waals surface area contributed by atoms with Crippen molar-refractivity contribution >= 4 is 5.78 Å². The number of carbonyl (C=O) groups is 1. The van der Waals surface area contributed by atoms with Gasteiger partial charge in [-0.1, -0.05) is 0 Å². The second kappa shape index (κ2) is 5.85. The van der Waals surface area contributed by atoms with E-state index in [9.17, 15) is 4.79 Å². The highest BCUT2D eigenvalue weighted by Gasteiger charge is 2.20. The smallest absolute Gasteiger partial charge is 0.163 e. The molecule has 0 radical (unpaired) electrons. The molecule has 1 aromatic rings. The molecule has 4 nitrogen and oxygen atoms in total. The van der Waals surface area contributed by atoms with Gasteiger partial charge in [0.1, 0.15) is 11.9 Å². The summed E-state index contributed by atoms with van der Waals surface area (Å²) in [5, 5.41) is 8.93. The maximum absolute atomic E-state index is 11.6. The molecule has 2 rings (SSSR count). The Morgan fingerprint density at radius 1 is 1.42 bits per heavy atom. The molecule has 100 valence electrons. The predicted octanol–water partition coefficient (Wildman–Crippen LogP) is 2.23. The maximum atomic E-state index is 11.6. The van der Waals surface area contributed by atoms with Gasteiger partial charge in [0.2, 0.25) is 0 Å². The average Bonchev–Trinajstić information content (AvgIpc) is 2.41. The molecule has 1 aromatic carbocycles. The van der Waals surface area contributed by atoms with E-state index in [1.165, 1.54) is 6.92 Å². The molecule has 1 fully saturated rings. The minimum absolute atomic E-state index is 0.0348. The third-order valence-electron chi connectivity index (χ3n) is 3.45. The van der Waals surface area contributed by atoms with E-state index in [-0.39, 0.29) is 11.9 Å². The maximum Gasteiger partial charge on any atom is 0.163 e. The third kappa shape index (κ3) is 3.33. The molecule has 0 atom stereocenters. The van der Waals surface area contributed by atoms with Gasteiger partial charge in [-0.2, -0.15) is 5.26 Å². The van der Waals surface area contributed by atoms with E-state index in [1.807, 2.05) is 0 Å². The van der Waals surface area contributed by atoms with Crippen molar-refractivity contribution in [1.82, 2.24) is 4.90 Å². The third-order valence-corrected chi connectivity index (χ3v) is 3.45. The van der Waals surface area contributed by atoms with Gasteiger partial charge in [-0.15, -0.1) is 0 Å². The van der Waals surface area contributed by atoms with E-state index in [0.717, 1.165) is 25.9 Å². The van der Waals surface area contributed by atoms with Crippen LogP contribution in [0.3, 0.4) is 0 Å². The van der Waals surface area contributed by atoms with Crippen molar-refractivity contribution < 1.29 is 9.53 Å². The zero-order valence-electron chi connectivity index (χ0n) is 11.3. The van der Waals surface area contributed by atoms with Crippen molar-refractivity contribution in [2.24, 2.45) is 0 Å². The highest BCUT2D eigenvalue weighted by Crippen LogP contribution is 2.24. The van der Waals surface area contributed by atoms with Crippen molar-refractivity contribution in [1.29, 1.82) is 5.26 Å². The van der Waals surface area contributed by atoms with E-state index < -0.39 is 0 Å². The average molecular weight is 258 g/mol. The standard InChI is InChI=1S/C15H18N2O2/c1-11(18)14-4-3-12(10-16)9-15(14)19-13-5-7-17(2)8-6-13/h3-4,9,13H,5-8H2,1-2H3. The van der Waals surface area contributed by atoms with E-state index in [2.05, 4.69) is 18.0 Å². The summed E-state index contributed by atoms with van der Waals surface area (Å²) in [5.74, 6) is 0.508. The number of ether oxygens (including phenoxy) is 1. The first-order chi connectivity index (χ1) is 9.10. The summed E-state index contributed by atoms with van der Waals surface area (Å²) < 4.78 is 5.94. The summed E-state index contributed by atoms with van der Waals surface area (Å²) >= 11 is 0. The zero-order valence-corrected chi connectivity index (χ0v) is 11.3. The molecule has 1 heterocycles. The Morgan fingerprint density at radius 3 is 2.68 bits per heavy atom. The van der Waals surface area contributed by atoms with Crippen LogP contribution in [0.4, 0.5) is 0 Å². The summed E-state index contributed by atoms with van der Waals surface area (Å²) in [6.07, 6.45) is 2.03. The highest BCUT2D eigenvalue weighted by atomic mass is 16.5. The summed E-state index contributed by atoms with van der Waals surface area (Å²) in [5.41, 5.74) is 1.07. The molecule has 1 saturated heterocycles. The number of likely N-dealkylation sites (tertiary alicyclic amines) is 1. The Morgan fingerprint density at radius 2 is 2.11 bits per heavy atom. The van der Waals surface area contributed by atoms with Gasteiger partial charge >= 0.3 is 0 Å². The van der Waals surface area contributed by atoms with Crippen molar-refractivity contribution in [2.75, 3.05) is 20.1 Å². The Hall–Kier alpha value is -1.86. The van der Waals surface area contributed by atoms with Gasteiger partial charge in [-0.05, 0) is 45.0 Å². The van der Waals surface area contributed by atoms with Crippen LogP contribution in [0.15, 0.2) is 18.2 Å². The molecule has 0 bridgehead atoms. The monoisotopic (exact) mass is 258 g/mol. The Bertz CT molecular complexity index is 511. The number of nitrogens with zero attached hydrogens (tertiary/aromatic N) is 2. The summed E-state index contributed by atoms with van der Waals surface area (Å²) in [6.45, 7) is 3.51. The van der Waals surface area contributed by atoms with Crippen LogP contribution in [-0.2, 0) is 0 Å². The highest BCUT2D eigenvalue weighted by molar-refractivity contribution is 5.97. The molecule has 0 spiro atoms. The lowest BCUT2D eigenvalue weighted by atomic mass is 10.1. The van der Waals surface area contributed by atoms with Gasteiger partial charge in [0.25, 0.3) is 0 Å². The van der Waals surface area contributed by atoms with Gasteiger partial charge in [0.05, 0.1) is 17.2 Å². The molecule has 0 aliphatic carbocycles. The van der Waals surface area contributed by atoms with Crippen molar-refractivity contribution in [3.8, 4) is 11.8 Å². The number of rotatable bonds is 3. The van der Waals surface area contributed by atoms with E-state index in [0.29, 0.717) is 16.9 Å². The van der Waals surface area contributed by atoms with Crippen LogP contribution >= 0.6 is 0 Å². The van der Waals surface area contributed by atoms with E-state index >= 15 is 0 Å². The number of hydrogen-bond acceptors (Lipinski definition) is 4. The van der Waals surface area contributed by atoms with Gasteiger partial charge in [-0.3, -0.25) is 4.79 Å². The summed E-state index contributed by atoms with van der Waals surface area (Å²) in [4.78, 5) is 13.8. The Kier molecular flexibility index (Phi) is 4.18. The minimum atomic E-state index is -0.0348. The van der Waals surface area contributed by atoms with Crippen LogP contribution in [0.1, 0.15) is 35.7 Å². The first kappa shape index (κ1) is 13.6. The number of piperidine rings is 1. The first-order valence-electron chi connectivity index (χ1n) is 6.50. The molecule has 0 unspecified atom stereocenters. The fraction of sp³-hybridized carbons (Fsp3) is 0.467. The quantitative estimate of drug-likeness (QED) is 0.780. The van der Waals surface area contributed by atoms with Crippen molar-refractivity contribution in [2.45, 2.75) is 25.9 Å². The Labute approximate surface area is 113 Å². The number of hydrogen-bond donors (Lipinski definition) is 0. The normalized spacial score (nSPS) is 16.9. The molecule has 0 N–H and O–H groups in total.